The van der Waals surface area contributed by atoms with E-state index in [0.717, 1.165) is 0 Å². The maximum atomic E-state index is 13.3. The first-order chi connectivity index (χ1) is 15.5. The molecule has 0 N–H and O–H groups in total. The first kappa shape index (κ1) is 20.4. The van der Waals surface area contributed by atoms with Crippen LogP contribution in [0.5, 0.6) is 0 Å². The van der Waals surface area contributed by atoms with Crippen molar-refractivity contribution < 1.29 is 23.9 Å². The summed E-state index contributed by atoms with van der Waals surface area (Å²) in [5, 5.41) is 0. The number of carbonyl (C=O) groups excluding carboxylic acids is 3. The molecular weight excluding hydrogens is 404 g/mol. The highest BCUT2D eigenvalue weighted by Crippen LogP contribution is 2.59. The topological polar surface area (TPSA) is 69.7 Å². The fourth-order valence-electron chi connectivity index (χ4n) is 5.63. The number of ketones is 1. The molecule has 0 unspecified atom stereocenters. The van der Waals surface area contributed by atoms with Crippen LogP contribution in [0.25, 0.3) is 11.1 Å². The summed E-state index contributed by atoms with van der Waals surface area (Å²) in [6.45, 7) is 3.45. The second kappa shape index (κ2) is 7.30. The molecule has 2 aromatic rings. The number of hydrogen-bond donors (Lipinski definition) is 0. The molecule has 1 spiro atoms. The molecule has 0 saturated carbocycles. The number of esters is 2. The zero-order valence-electron chi connectivity index (χ0n) is 18.1. The number of benzene rings is 2. The van der Waals surface area contributed by atoms with Gasteiger partial charge in [-0.3, -0.25) is 4.79 Å². The molecule has 0 aromatic heterocycles. The smallest absolute Gasteiger partial charge is 0.336 e. The Balaban J connectivity index is 1.68. The van der Waals surface area contributed by atoms with E-state index in [1.54, 1.807) is 13.8 Å². The van der Waals surface area contributed by atoms with Crippen molar-refractivity contribution in [2.45, 2.75) is 32.1 Å². The van der Waals surface area contributed by atoms with E-state index in [0.29, 0.717) is 24.0 Å². The molecular formula is C27H24O5. The highest BCUT2D eigenvalue weighted by atomic mass is 16.6. The van der Waals surface area contributed by atoms with E-state index in [4.69, 9.17) is 9.47 Å². The van der Waals surface area contributed by atoms with E-state index in [9.17, 15) is 14.4 Å². The molecule has 2 aromatic carbocycles. The minimum Gasteiger partial charge on any atom is -0.465 e. The average Bonchev–Trinajstić information content (AvgIpc) is 3.24. The van der Waals surface area contributed by atoms with Crippen LogP contribution in [0.2, 0.25) is 0 Å². The van der Waals surface area contributed by atoms with Gasteiger partial charge in [0, 0.05) is 5.41 Å². The Kier molecular flexibility index (Phi) is 4.66. The summed E-state index contributed by atoms with van der Waals surface area (Å²) in [6.07, 6.45) is 4.43. The van der Waals surface area contributed by atoms with Gasteiger partial charge in [0.15, 0.2) is 5.78 Å². The maximum Gasteiger partial charge on any atom is 0.336 e. The fourth-order valence-corrected chi connectivity index (χ4v) is 5.63. The van der Waals surface area contributed by atoms with E-state index in [2.05, 4.69) is 24.3 Å². The normalized spacial score (nSPS) is 18.9. The molecule has 0 aliphatic heterocycles. The summed E-state index contributed by atoms with van der Waals surface area (Å²) in [6, 6.07) is 16.6. The molecule has 5 heteroatoms. The summed E-state index contributed by atoms with van der Waals surface area (Å²) in [5.41, 5.74) is 3.51. The number of carbonyl (C=O) groups is 3. The van der Waals surface area contributed by atoms with Crippen LogP contribution in [0.15, 0.2) is 71.8 Å². The average molecular weight is 428 g/mol. The van der Waals surface area contributed by atoms with Crippen molar-refractivity contribution in [3.63, 3.8) is 0 Å². The van der Waals surface area contributed by atoms with Crippen molar-refractivity contribution >= 4 is 17.7 Å². The third-order valence-corrected chi connectivity index (χ3v) is 6.91. The molecule has 162 valence electrons. The van der Waals surface area contributed by atoms with Crippen molar-refractivity contribution in [1.82, 2.24) is 0 Å². The van der Waals surface area contributed by atoms with Crippen LogP contribution in [0.4, 0.5) is 0 Å². The molecule has 5 nitrogen and oxygen atoms in total. The third-order valence-electron chi connectivity index (χ3n) is 6.91. The van der Waals surface area contributed by atoms with Crippen molar-refractivity contribution in [2.75, 3.05) is 13.2 Å². The minimum atomic E-state index is -2.05. The number of rotatable bonds is 4. The highest BCUT2D eigenvalue weighted by molar-refractivity contribution is 6.29. The number of allylic oxidation sites excluding steroid dienone is 3. The number of ether oxygens (including phenoxy) is 2. The van der Waals surface area contributed by atoms with E-state index in [1.807, 2.05) is 30.3 Å². The van der Waals surface area contributed by atoms with Crippen LogP contribution in [0, 0.1) is 5.41 Å². The summed E-state index contributed by atoms with van der Waals surface area (Å²) in [5.74, 6) is -2.29. The lowest BCUT2D eigenvalue weighted by molar-refractivity contribution is -0.169. The Morgan fingerprint density at radius 2 is 1.41 bits per heavy atom. The van der Waals surface area contributed by atoms with Crippen molar-refractivity contribution in [2.24, 2.45) is 5.41 Å². The lowest BCUT2D eigenvalue weighted by Crippen LogP contribution is -2.48. The van der Waals surface area contributed by atoms with Gasteiger partial charge in [-0.25, -0.2) is 9.59 Å². The van der Waals surface area contributed by atoms with Gasteiger partial charge in [0.25, 0.3) is 5.41 Å². The van der Waals surface area contributed by atoms with Gasteiger partial charge in [-0.2, -0.15) is 0 Å². The Labute approximate surface area is 186 Å². The van der Waals surface area contributed by atoms with E-state index in [1.165, 1.54) is 28.3 Å². The van der Waals surface area contributed by atoms with Gasteiger partial charge in [0.2, 0.25) is 0 Å². The molecule has 0 amide bonds. The molecule has 3 aliphatic rings. The molecule has 0 fully saturated rings. The Morgan fingerprint density at radius 3 is 1.94 bits per heavy atom. The van der Waals surface area contributed by atoms with Crippen LogP contribution in [-0.4, -0.2) is 30.9 Å². The Morgan fingerprint density at radius 1 is 0.875 bits per heavy atom. The second-order valence-electron chi connectivity index (χ2n) is 8.40. The van der Waals surface area contributed by atoms with Gasteiger partial charge < -0.3 is 9.47 Å². The van der Waals surface area contributed by atoms with Crippen LogP contribution in [0.3, 0.4) is 0 Å². The molecule has 3 aliphatic carbocycles. The van der Waals surface area contributed by atoms with Crippen LogP contribution < -0.4 is 0 Å². The lowest BCUT2D eigenvalue weighted by atomic mass is 9.64. The molecule has 5 rings (SSSR count). The predicted octanol–water partition coefficient (Wildman–Crippen LogP) is 4.30. The van der Waals surface area contributed by atoms with Crippen LogP contribution in [0.1, 0.15) is 37.8 Å². The van der Waals surface area contributed by atoms with Crippen molar-refractivity contribution in [3.05, 3.63) is 83.0 Å². The van der Waals surface area contributed by atoms with Gasteiger partial charge in [-0.1, -0.05) is 54.6 Å². The van der Waals surface area contributed by atoms with E-state index < -0.39 is 23.1 Å². The molecule has 0 heterocycles. The highest BCUT2D eigenvalue weighted by Gasteiger charge is 2.63. The second-order valence-corrected chi connectivity index (χ2v) is 8.40. The van der Waals surface area contributed by atoms with Crippen LogP contribution >= 0.6 is 0 Å². The van der Waals surface area contributed by atoms with Gasteiger partial charge in [0.05, 0.1) is 13.2 Å². The quantitative estimate of drug-likeness (QED) is 0.537. The fraction of sp³-hybridized carbons (Fsp3) is 0.296. The summed E-state index contributed by atoms with van der Waals surface area (Å²) in [4.78, 5) is 39.4. The summed E-state index contributed by atoms with van der Waals surface area (Å²) in [7, 11) is 0. The molecule has 0 bridgehead atoms. The molecule has 0 atom stereocenters. The zero-order chi connectivity index (χ0) is 22.5. The van der Waals surface area contributed by atoms with E-state index >= 15 is 0 Å². The van der Waals surface area contributed by atoms with Crippen LogP contribution in [-0.2, 0) is 29.3 Å². The van der Waals surface area contributed by atoms with Crippen molar-refractivity contribution in [3.8, 4) is 11.1 Å². The Hall–Kier alpha value is -3.47. The molecule has 0 saturated heterocycles. The largest absolute Gasteiger partial charge is 0.465 e. The zero-order valence-corrected chi connectivity index (χ0v) is 18.1. The maximum absolute atomic E-state index is 13.3. The molecule has 32 heavy (non-hydrogen) atoms. The minimum absolute atomic E-state index is 0.0700. The number of hydrogen-bond acceptors (Lipinski definition) is 5. The van der Waals surface area contributed by atoms with Gasteiger partial charge in [-0.15, -0.1) is 0 Å². The summed E-state index contributed by atoms with van der Waals surface area (Å²) >= 11 is 0. The monoisotopic (exact) mass is 428 g/mol. The first-order valence-corrected chi connectivity index (χ1v) is 11.0. The van der Waals surface area contributed by atoms with E-state index in [-0.39, 0.29) is 18.6 Å². The van der Waals surface area contributed by atoms with Gasteiger partial charge in [0.1, 0.15) is 0 Å². The first-order valence-electron chi connectivity index (χ1n) is 11.0. The number of fused-ring (bicyclic) bond motifs is 6. The van der Waals surface area contributed by atoms with Crippen molar-refractivity contribution in [1.29, 1.82) is 0 Å². The predicted molar refractivity (Wildman–Crippen MR) is 119 cm³/mol. The standard InChI is InChI=1S/C27H24O5/c1-3-31-24(29)27(25(30)32-4-2)20-13-14-26(16-17(20)15-23(27)28)21-11-7-5-9-18(21)19-10-6-8-12-22(19)26/h5-13,15H,3-4,14,16H2,1-2H3. The Bertz CT molecular complexity index is 1150. The third kappa shape index (κ3) is 2.48. The van der Waals surface area contributed by atoms with Gasteiger partial charge >= 0.3 is 11.9 Å². The van der Waals surface area contributed by atoms with Gasteiger partial charge in [-0.05, 0) is 66.2 Å². The molecule has 0 radical (unpaired) electrons. The SMILES string of the molecule is CCOC(=O)C1(C(=O)OCC)C(=O)C=C2CC3(CC=C21)c1ccccc1-c1ccccc13. The lowest BCUT2D eigenvalue weighted by Gasteiger charge is -2.37. The summed E-state index contributed by atoms with van der Waals surface area (Å²) < 4.78 is 10.4.